The number of para-hydroxylation sites is 2. The van der Waals surface area contributed by atoms with Crippen LogP contribution in [0.15, 0.2) is 77.6 Å². The number of nitrogens with zero attached hydrogens (tertiary/aromatic N) is 3. The van der Waals surface area contributed by atoms with E-state index in [1.165, 1.54) is 0 Å². The van der Waals surface area contributed by atoms with E-state index in [-0.39, 0.29) is 17.4 Å². The number of halogens is 1. The van der Waals surface area contributed by atoms with Gasteiger partial charge in [0, 0.05) is 17.1 Å². The van der Waals surface area contributed by atoms with Gasteiger partial charge in [-0.05, 0) is 67.3 Å². The Balaban J connectivity index is 1.94. The van der Waals surface area contributed by atoms with E-state index in [9.17, 15) is 9.59 Å². The minimum atomic E-state index is -0.456. The second-order valence-electron chi connectivity index (χ2n) is 9.14. The molecular formula is C29H30ClN3O2. The van der Waals surface area contributed by atoms with Gasteiger partial charge in [-0.1, -0.05) is 62.7 Å². The van der Waals surface area contributed by atoms with Crippen molar-refractivity contribution < 1.29 is 4.79 Å². The highest BCUT2D eigenvalue weighted by Gasteiger charge is 2.28. The molecule has 0 saturated heterocycles. The van der Waals surface area contributed by atoms with Crippen LogP contribution in [0.1, 0.15) is 55.5 Å². The number of carbonyl (C=O) groups excluding carboxylic acids is 1. The minimum absolute atomic E-state index is 0.124. The largest absolute Gasteiger partial charge is 0.328 e. The Kier molecular flexibility index (Phi) is 7.37. The molecule has 0 fully saturated rings. The maximum absolute atomic E-state index is 13.8. The number of hydrogen-bond donors (Lipinski definition) is 0. The van der Waals surface area contributed by atoms with Crippen molar-refractivity contribution in [3.8, 4) is 5.69 Å². The molecule has 1 heterocycles. The van der Waals surface area contributed by atoms with Crippen molar-refractivity contribution in [3.05, 3.63) is 105 Å². The Morgan fingerprint density at radius 2 is 1.63 bits per heavy atom. The molecule has 35 heavy (non-hydrogen) atoms. The molecule has 0 saturated carbocycles. The lowest BCUT2D eigenvalue weighted by Gasteiger charge is -2.32. The zero-order valence-corrected chi connectivity index (χ0v) is 21.3. The summed E-state index contributed by atoms with van der Waals surface area (Å²) in [5.41, 5.74) is 2.86. The second-order valence-corrected chi connectivity index (χ2v) is 9.58. The normalized spacial score (nSPS) is 12.2. The zero-order chi connectivity index (χ0) is 25.1. The Hall–Kier alpha value is -3.44. The van der Waals surface area contributed by atoms with E-state index < -0.39 is 6.04 Å². The van der Waals surface area contributed by atoms with Crippen LogP contribution in [-0.2, 0) is 6.42 Å². The topological polar surface area (TPSA) is 55.2 Å². The molecule has 3 aromatic carbocycles. The molecule has 0 N–H and O–H groups in total. The molecule has 180 valence electrons. The molecule has 4 rings (SSSR count). The third kappa shape index (κ3) is 5.01. The van der Waals surface area contributed by atoms with Gasteiger partial charge in [0.05, 0.1) is 22.6 Å². The Morgan fingerprint density at radius 1 is 0.971 bits per heavy atom. The lowest BCUT2D eigenvalue weighted by molar-refractivity contribution is 0.0655. The maximum atomic E-state index is 13.8. The molecular weight excluding hydrogens is 458 g/mol. The molecule has 4 aromatic rings. The summed E-state index contributed by atoms with van der Waals surface area (Å²) in [7, 11) is 0. The summed E-state index contributed by atoms with van der Waals surface area (Å²) in [6, 6.07) is 21.7. The van der Waals surface area contributed by atoms with Crippen LogP contribution in [0.25, 0.3) is 16.6 Å². The van der Waals surface area contributed by atoms with E-state index in [2.05, 4.69) is 20.8 Å². The van der Waals surface area contributed by atoms with E-state index in [1.807, 2.05) is 49.4 Å². The number of amides is 1. The van der Waals surface area contributed by atoms with Gasteiger partial charge in [0.15, 0.2) is 0 Å². The fourth-order valence-electron chi connectivity index (χ4n) is 4.40. The van der Waals surface area contributed by atoms with Crippen LogP contribution in [0, 0.1) is 5.92 Å². The van der Waals surface area contributed by atoms with Gasteiger partial charge < -0.3 is 4.90 Å². The number of aryl methyl sites for hydroxylation is 1. The number of aromatic nitrogens is 2. The summed E-state index contributed by atoms with van der Waals surface area (Å²) >= 11 is 6.06. The highest BCUT2D eigenvalue weighted by atomic mass is 35.5. The average Bonchev–Trinajstić information content (AvgIpc) is 2.87. The minimum Gasteiger partial charge on any atom is -0.328 e. The van der Waals surface area contributed by atoms with Crippen molar-refractivity contribution in [1.82, 2.24) is 14.5 Å². The highest BCUT2D eigenvalue weighted by Crippen LogP contribution is 2.27. The van der Waals surface area contributed by atoms with Gasteiger partial charge in [-0.25, -0.2) is 4.98 Å². The summed E-state index contributed by atoms with van der Waals surface area (Å²) in [4.78, 5) is 34.3. The number of fused-ring (bicyclic) bond motifs is 1. The van der Waals surface area contributed by atoms with Crippen molar-refractivity contribution in [2.75, 3.05) is 6.54 Å². The molecule has 0 aliphatic rings. The number of hydrogen-bond acceptors (Lipinski definition) is 3. The van der Waals surface area contributed by atoms with Crippen molar-refractivity contribution >= 4 is 28.4 Å². The standard InChI is InChI=1S/C29H30ClN3O2/c1-5-21-10-6-9-13-26(21)33-27(31-25-12-8-7-11-24(25)29(33)35)20(4)32(18-19(2)3)28(34)22-14-16-23(30)17-15-22/h6-17,19-20H,5,18H2,1-4H3. The molecule has 0 aliphatic heterocycles. The van der Waals surface area contributed by atoms with Gasteiger partial charge in [-0.2, -0.15) is 0 Å². The van der Waals surface area contributed by atoms with Gasteiger partial charge >= 0.3 is 0 Å². The third-order valence-electron chi connectivity index (χ3n) is 6.17. The van der Waals surface area contributed by atoms with Gasteiger partial charge in [0.25, 0.3) is 11.5 Å². The van der Waals surface area contributed by atoms with Crippen molar-refractivity contribution in [2.45, 2.75) is 40.2 Å². The average molecular weight is 488 g/mol. The van der Waals surface area contributed by atoms with E-state index in [0.29, 0.717) is 33.9 Å². The predicted octanol–water partition coefficient (Wildman–Crippen LogP) is 6.46. The van der Waals surface area contributed by atoms with E-state index in [1.54, 1.807) is 39.8 Å². The van der Waals surface area contributed by atoms with E-state index in [0.717, 1.165) is 17.7 Å². The summed E-state index contributed by atoms with van der Waals surface area (Å²) in [6.07, 6.45) is 0.767. The molecule has 0 bridgehead atoms. The third-order valence-corrected chi connectivity index (χ3v) is 6.42. The summed E-state index contributed by atoms with van der Waals surface area (Å²) in [5.74, 6) is 0.635. The monoisotopic (exact) mass is 487 g/mol. The van der Waals surface area contributed by atoms with Crippen LogP contribution in [0.3, 0.4) is 0 Å². The number of carbonyl (C=O) groups is 1. The fourth-order valence-corrected chi connectivity index (χ4v) is 4.52. The Bertz CT molecular complexity index is 1410. The SMILES string of the molecule is CCc1ccccc1-n1c(C(C)N(CC(C)C)C(=O)c2ccc(Cl)cc2)nc2ccccc2c1=O. The first-order chi connectivity index (χ1) is 16.8. The van der Waals surface area contributed by atoms with Crippen LogP contribution < -0.4 is 5.56 Å². The maximum Gasteiger partial charge on any atom is 0.266 e. The summed E-state index contributed by atoms with van der Waals surface area (Å²) in [6.45, 7) is 8.67. The van der Waals surface area contributed by atoms with E-state index in [4.69, 9.17) is 16.6 Å². The smallest absolute Gasteiger partial charge is 0.266 e. The van der Waals surface area contributed by atoms with Crippen molar-refractivity contribution in [3.63, 3.8) is 0 Å². The summed E-state index contributed by atoms with van der Waals surface area (Å²) < 4.78 is 1.69. The number of benzene rings is 3. The Morgan fingerprint density at radius 3 is 2.31 bits per heavy atom. The first-order valence-electron chi connectivity index (χ1n) is 12.0. The van der Waals surface area contributed by atoms with Crippen LogP contribution in [-0.4, -0.2) is 26.9 Å². The predicted molar refractivity (Wildman–Crippen MR) is 142 cm³/mol. The number of rotatable bonds is 7. The lowest BCUT2D eigenvalue weighted by Crippen LogP contribution is -2.39. The van der Waals surface area contributed by atoms with Crippen molar-refractivity contribution in [2.24, 2.45) is 5.92 Å². The molecule has 0 aliphatic carbocycles. The Labute approximate surface area is 211 Å². The molecule has 1 aromatic heterocycles. The van der Waals surface area contributed by atoms with Gasteiger partial charge in [0.2, 0.25) is 0 Å². The quantitative estimate of drug-likeness (QED) is 0.300. The van der Waals surface area contributed by atoms with Crippen molar-refractivity contribution in [1.29, 1.82) is 0 Å². The molecule has 5 nitrogen and oxygen atoms in total. The molecule has 1 amide bonds. The highest BCUT2D eigenvalue weighted by molar-refractivity contribution is 6.30. The first kappa shape index (κ1) is 24.7. The first-order valence-corrected chi connectivity index (χ1v) is 12.4. The zero-order valence-electron chi connectivity index (χ0n) is 20.5. The van der Waals surface area contributed by atoms with Gasteiger partial charge in [0.1, 0.15) is 5.82 Å². The lowest BCUT2D eigenvalue weighted by atomic mass is 10.1. The van der Waals surface area contributed by atoms with Crippen LogP contribution in [0.2, 0.25) is 5.02 Å². The van der Waals surface area contributed by atoms with Crippen LogP contribution in [0.5, 0.6) is 0 Å². The van der Waals surface area contributed by atoms with Crippen LogP contribution >= 0.6 is 11.6 Å². The summed E-state index contributed by atoms with van der Waals surface area (Å²) in [5, 5.41) is 1.13. The molecule has 0 radical (unpaired) electrons. The van der Waals surface area contributed by atoms with E-state index >= 15 is 0 Å². The molecule has 1 unspecified atom stereocenters. The second kappa shape index (κ2) is 10.4. The molecule has 6 heteroatoms. The van der Waals surface area contributed by atoms with Crippen LogP contribution in [0.4, 0.5) is 0 Å². The van der Waals surface area contributed by atoms with Gasteiger partial charge in [-0.15, -0.1) is 0 Å². The fraction of sp³-hybridized carbons (Fsp3) is 0.276. The van der Waals surface area contributed by atoms with Gasteiger partial charge in [-0.3, -0.25) is 14.2 Å². The molecule has 0 spiro atoms. The molecule has 1 atom stereocenters.